The quantitative estimate of drug-likeness (QED) is 0.609. The van der Waals surface area contributed by atoms with Gasteiger partial charge in [0.1, 0.15) is 0 Å². The van der Waals surface area contributed by atoms with E-state index in [1.807, 2.05) is 11.3 Å². The second-order valence-electron chi connectivity index (χ2n) is 4.55. The SMILES string of the molecule is Cc1ccc(C(CC2CCCC2)NN)s1. The van der Waals surface area contributed by atoms with Gasteiger partial charge in [0, 0.05) is 9.75 Å². The molecule has 1 saturated carbocycles. The average Bonchev–Trinajstić information content (AvgIpc) is 2.85. The molecule has 2 nitrogen and oxygen atoms in total. The maximum Gasteiger partial charge on any atom is 0.0556 e. The zero-order valence-corrected chi connectivity index (χ0v) is 10.1. The Balaban J connectivity index is 1.97. The van der Waals surface area contributed by atoms with Crippen molar-refractivity contribution in [1.29, 1.82) is 0 Å². The van der Waals surface area contributed by atoms with E-state index in [9.17, 15) is 0 Å². The fourth-order valence-corrected chi connectivity index (χ4v) is 3.44. The average molecular weight is 224 g/mol. The Hall–Kier alpha value is -0.380. The monoisotopic (exact) mass is 224 g/mol. The van der Waals surface area contributed by atoms with Gasteiger partial charge in [-0.15, -0.1) is 11.3 Å². The van der Waals surface area contributed by atoms with Gasteiger partial charge in [0.2, 0.25) is 0 Å². The normalized spacial score (nSPS) is 19.6. The summed E-state index contributed by atoms with van der Waals surface area (Å²) in [7, 11) is 0. The predicted molar refractivity (Wildman–Crippen MR) is 65.7 cm³/mol. The van der Waals surface area contributed by atoms with Crippen LogP contribution in [0.5, 0.6) is 0 Å². The third kappa shape index (κ3) is 2.80. The van der Waals surface area contributed by atoms with Gasteiger partial charge in [-0.2, -0.15) is 0 Å². The molecule has 84 valence electrons. The highest BCUT2D eigenvalue weighted by atomic mass is 32.1. The predicted octanol–water partition coefficient (Wildman–Crippen LogP) is 3.14. The highest BCUT2D eigenvalue weighted by Gasteiger charge is 2.21. The molecule has 3 N–H and O–H groups in total. The van der Waals surface area contributed by atoms with Crippen molar-refractivity contribution in [2.75, 3.05) is 0 Å². The molecule has 1 aliphatic carbocycles. The summed E-state index contributed by atoms with van der Waals surface area (Å²) in [6, 6.07) is 4.75. The van der Waals surface area contributed by atoms with E-state index in [4.69, 9.17) is 5.84 Å². The standard InChI is InChI=1S/C12H20N2S/c1-9-6-7-12(15-9)11(14-13)8-10-4-2-3-5-10/h6-7,10-11,14H,2-5,8,13H2,1H3. The maximum absolute atomic E-state index is 5.65. The van der Waals surface area contributed by atoms with Crippen LogP contribution in [0.1, 0.15) is 47.9 Å². The lowest BCUT2D eigenvalue weighted by Crippen LogP contribution is -2.28. The summed E-state index contributed by atoms with van der Waals surface area (Å²) in [5, 5.41) is 0. The van der Waals surface area contributed by atoms with Gasteiger partial charge < -0.3 is 0 Å². The Kier molecular flexibility index (Phi) is 3.78. The highest BCUT2D eigenvalue weighted by Crippen LogP contribution is 2.34. The van der Waals surface area contributed by atoms with Crippen LogP contribution in [-0.2, 0) is 0 Å². The van der Waals surface area contributed by atoms with Gasteiger partial charge in [0.25, 0.3) is 0 Å². The summed E-state index contributed by atoms with van der Waals surface area (Å²) in [5.74, 6) is 6.53. The lowest BCUT2D eigenvalue weighted by molar-refractivity contribution is 0.404. The second-order valence-corrected chi connectivity index (χ2v) is 5.87. The summed E-state index contributed by atoms with van der Waals surface area (Å²) >= 11 is 1.86. The van der Waals surface area contributed by atoms with Gasteiger partial charge in [-0.3, -0.25) is 11.3 Å². The van der Waals surface area contributed by atoms with E-state index in [-0.39, 0.29) is 0 Å². The summed E-state index contributed by atoms with van der Waals surface area (Å²) < 4.78 is 0. The van der Waals surface area contributed by atoms with Gasteiger partial charge in [-0.1, -0.05) is 25.7 Å². The molecule has 3 heteroatoms. The number of aryl methyl sites for hydroxylation is 1. The van der Waals surface area contributed by atoms with Crippen LogP contribution in [0, 0.1) is 12.8 Å². The molecule has 0 aliphatic heterocycles. The molecule has 1 fully saturated rings. The Morgan fingerprint density at radius 1 is 1.47 bits per heavy atom. The molecule has 1 atom stereocenters. The molecule has 1 aromatic rings. The van der Waals surface area contributed by atoms with E-state index in [2.05, 4.69) is 24.5 Å². The first-order valence-electron chi connectivity index (χ1n) is 5.82. The number of hydrogen-bond acceptors (Lipinski definition) is 3. The van der Waals surface area contributed by atoms with Crippen molar-refractivity contribution < 1.29 is 0 Å². The number of hydrazine groups is 1. The zero-order valence-electron chi connectivity index (χ0n) is 9.33. The first kappa shape index (κ1) is 11.1. The molecule has 1 aromatic heterocycles. The molecule has 0 spiro atoms. The third-order valence-electron chi connectivity index (χ3n) is 3.35. The first-order valence-corrected chi connectivity index (χ1v) is 6.63. The molecule has 0 bridgehead atoms. The van der Waals surface area contributed by atoms with Crippen LogP contribution in [0.3, 0.4) is 0 Å². The Morgan fingerprint density at radius 2 is 2.20 bits per heavy atom. The number of hydrogen-bond donors (Lipinski definition) is 2. The van der Waals surface area contributed by atoms with Crippen LogP contribution in [0.15, 0.2) is 12.1 Å². The Morgan fingerprint density at radius 3 is 2.73 bits per heavy atom. The van der Waals surface area contributed by atoms with E-state index < -0.39 is 0 Å². The van der Waals surface area contributed by atoms with E-state index in [0.29, 0.717) is 6.04 Å². The van der Waals surface area contributed by atoms with Crippen molar-refractivity contribution in [3.05, 3.63) is 21.9 Å². The molecule has 0 saturated heterocycles. The highest BCUT2D eigenvalue weighted by molar-refractivity contribution is 7.12. The molecule has 1 unspecified atom stereocenters. The molecule has 1 aliphatic rings. The van der Waals surface area contributed by atoms with Crippen LogP contribution in [0.4, 0.5) is 0 Å². The fourth-order valence-electron chi connectivity index (χ4n) is 2.49. The van der Waals surface area contributed by atoms with Crippen molar-refractivity contribution in [2.45, 2.75) is 45.1 Å². The van der Waals surface area contributed by atoms with E-state index in [1.54, 1.807) is 0 Å². The summed E-state index contributed by atoms with van der Waals surface area (Å²) in [6.45, 7) is 2.15. The van der Waals surface area contributed by atoms with Gasteiger partial charge in [0.05, 0.1) is 6.04 Å². The molecule has 2 rings (SSSR count). The van der Waals surface area contributed by atoms with Gasteiger partial charge in [-0.25, -0.2) is 0 Å². The Bertz CT molecular complexity index is 302. The maximum atomic E-state index is 5.65. The minimum Gasteiger partial charge on any atom is -0.271 e. The molecule has 0 radical (unpaired) electrons. The number of thiophene rings is 1. The van der Waals surface area contributed by atoms with Crippen LogP contribution in [0.2, 0.25) is 0 Å². The fraction of sp³-hybridized carbons (Fsp3) is 0.667. The molecule has 0 aromatic carbocycles. The lowest BCUT2D eigenvalue weighted by Gasteiger charge is -2.18. The van der Waals surface area contributed by atoms with E-state index >= 15 is 0 Å². The van der Waals surface area contributed by atoms with Crippen molar-refractivity contribution in [3.8, 4) is 0 Å². The smallest absolute Gasteiger partial charge is 0.0556 e. The van der Waals surface area contributed by atoms with Crippen LogP contribution in [-0.4, -0.2) is 0 Å². The van der Waals surface area contributed by atoms with Gasteiger partial charge in [-0.05, 0) is 31.4 Å². The zero-order chi connectivity index (χ0) is 10.7. The van der Waals surface area contributed by atoms with Crippen LogP contribution < -0.4 is 11.3 Å². The minimum atomic E-state index is 0.367. The third-order valence-corrected chi connectivity index (χ3v) is 4.46. The first-order chi connectivity index (χ1) is 7.29. The Labute approximate surface area is 95.8 Å². The largest absolute Gasteiger partial charge is 0.271 e. The van der Waals surface area contributed by atoms with Crippen molar-refractivity contribution in [2.24, 2.45) is 11.8 Å². The topological polar surface area (TPSA) is 38.0 Å². The number of rotatable bonds is 4. The van der Waals surface area contributed by atoms with E-state index in [1.165, 1.54) is 41.9 Å². The molecule has 0 amide bonds. The summed E-state index contributed by atoms with van der Waals surface area (Å²) in [6.07, 6.45) is 6.80. The van der Waals surface area contributed by atoms with E-state index in [0.717, 1.165) is 5.92 Å². The molecule has 1 heterocycles. The number of nitrogens with two attached hydrogens (primary N) is 1. The van der Waals surface area contributed by atoms with Crippen molar-refractivity contribution in [1.82, 2.24) is 5.43 Å². The van der Waals surface area contributed by atoms with Crippen molar-refractivity contribution >= 4 is 11.3 Å². The van der Waals surface area contributed by atoms with Crippen molar-refractivity contribution in [3.63, 3.8) is 0 Å². The van der Waals surface area contributed by atoms with Crippen LogP contribution >= 0.6 is 11.3 Å². The molecule has 15 heavy (non-hydrogen) atoms. The minimum absolute atomic E-state index is 0.367. The lowest BCUT2D eigenvalue weighted by atomic mass is 9.98. The summed E-state index contributed by atoms with van der Waals surface area (Å²) in [5.41, 5.74) is 2.97. The van der Waals surface area contributed by atoms with Gasteiger partial charge >= 0.3 is 0 Å². The number of nitrogens with one attached hydrogen (secondary N) is 1. The summed E-state index contributed by atoms with van der Waals surface area (Å²) in [4.78, 5) is 2.76. The van der Waals surface area contributed by atoms with Gasteiger partial charge in [0.15, 0.2) is 0 Å². The second kappa shape index (κ2) is 5.10. The van der Waals surface area contributed by atoms with Crippen LogP contribution in [0.25, 0.3) is 0 Å². The molecular weight excluding hydrogens is 204 g/mol. The molecular formula is C12H20N2S.